The summed E-state index contributed by atoms with van der Waals surface area (Å²) in [4.78, 5) is 11.2. The van der Waals surface area contributed by atoms with Crippen molar-refractivity contribution in [3.8, 4) is 0 Å². The second-order valence-electron chi connectivity index (χ2n) is 5.56. The fourth-order valence-corrected chi connectivity index (χ4v) is 1.73. The third-order valence-electron chi connectivity index (χ3n) is 3.32. The third-order valence-corrected chi connectivity index (χ3v) is 3.32. The second-order valence-corrected chi connectivity index (χ2v) is 5.56. The molecule has 1 aromatic rings. The maximum absolute atomic E-state index is 11.2. The molecule has 4 heteroatoms. The highest BCUT2D eigenvalue weighted by atomic mass is 16.3. The smallest absolute Gasteiger partial charge is 0.223 e. The molecular weight excluding hydrogens is 240 g/mol. The molecule has 0 aliphatic carbocycles. The lowest BCUT2D eigenvalue weighted by Gasteiger charge is -2.22. The predicted octanol–water partition coefficient (Wildman–Crippen LogP) is 1.43. The number of amides is 1. The molecule has 0 bridgehead atoms. The number of rotatable bonds is 8. The van der Waals surface area contributed by atoms with Crippen molar-refractivity contribution in [1.29, 1.82) is 0 Å². The van der Waals surface area contributed by atoms with Gasteiger partial charge in [0.05, 0.1) is 6.10 Å². The zero-order chi connectivity index (χ0) is 14.3. The summed E-state index contributed by atoms with van der Waals surface area (Å²) in [5.74, 6) is -0.322. The van der Waals surface area contributed by atoms with Crippen molar-refractivity contribution in [2.45, 2.75) is 39.3 Å². The number of hydrogen-bond donors (Lipinski definition) is 3. The third kappa shape index (κ3) is 5.85. The van der Waals surface area contributed by atoms with Gasteiger partial charge in [0.25, 0.3) is 0 Å². The predicted molar refractivity (Wildman–Crippen MR) is 76.4 cm³/mol. The van der Waals surface area contributed by atoms with E-state index in [2.05, 4.69) is 5.32 Å². The first kappa shape index (κ1) is 15.7. The van der Waals surface area contributed by atoms with Gasteiger partial charge < -0.3 is 16.2 Å². The normalized spacial score (nSPS) is 13.2. The van der Waals surface area contributed by atoms with Crippen LogP contribution in [0.5, 0.6) is 0 Å². The first-order chi connectivity index (χ1) is 8.92. The molecule has 1 amide bonds. The molecule has 1 rings (SSSR count). The molecule has 0 saturated heterocycles. The molecule has 0 spiro atoms. The van der Waals surface area contributed by atoms with Crippen LogP contribution in [0.2, 0.25) is 0 Å². The Labute approximate surface area is 115 Å². The summed E-state index contributed by atoms with van der Waals surface area (Å²) in [7, 11) is 0. The maximum Gasteiger partial charge on any atom is 0.223 e. The Kier molecular flexibility index (Phi) is 5.99. The number of aliphatic hydroxyl groups is 1. The number of benzene rings is 1. The highest BCUT2D eigenvalue weighted by Crippen LogP contribution is 2.22. The van der Waals surface area contributed by atoms with E-state index >= 15 is 0 Å². The van der Waals surface area contributed by atoms with Crippen LogP contribution in [0.1, 0.15) is 32.3 Å². The van der Waals surface area contributed by atoms with Gasteiger partial charge in [-0.05, 0) is 18.4 Å². The first-order valence-corrected chi connectivity index (χ1v) is 6.64. The van der Waals surface area contributed by atoms with Crippen molar-refractivity contribution in [3.63, 3.8) is 0 Å². The van der Waals surface area contributed by atoms with Crippen molar-refractivity contribution >= 4 is 5.91 Å². The minimum atomic E-state index is -0.555. The van der Waals surface area contributed by atoms with E-state index in [4.69, 9.17) is 5.73 Å². The fraction of sp³-hybridized carbons (Fsp3) is 0.533. The molecule has 4 N–H and O–H groups in total. The molecule has 4 nitrogen and oxygen atoms in total. The molecule has 0 heterocycles. The Hall–Kier alpha value is -1.39. The van der Waals surface area contributed by atoms with Crippen LogP contribution in [0.4, 0.5) is 0 Å². The van der Waals surface area contributed by atoms with Gasteiger partial charge in [-0.15, -0.1) is 0 Å². The number of carbonyl (C=O) groups is 1. The van der Waals surface area contributed by atoms with Crippen LogP contribution in [0.25, 0.3) is 0 Å². The van der Waals surface area contributed by atoms with Crippen LogP contribution in [-0.2, 0) is 11.3 Å². The Morgan fingerprint density at radius 3 is 2.58 bits per heavy atom. The average Bonchev–Trinajstić information content (AvgIpc) is 2.37. The van der Waals surface area contributed by atoms with Crippen LogP contribution >= 0.6 is 0 Å². The minimum Gasteiger partial charge on any atom is -0.392 e. The summed E-state index contributed by atoms with van der Waals surface area (Å²) in [6.07, 6.45) is 0.705. The molecule has 1 aromatic carbocycles. The summed E-state index contributed by atoms with van der Waals surface area (Å²) in [6, 6.07) is 10.0. The monoisotopic (exact) mass is 264 g/mol. The van der Waals surface area contributed by atoms with Gasteiger partial charge in [0, 0.05) is 18.5 Å². The number of aliphatic hydroxyl groups excluding tert-OH is 1. The summed E-state index contributed by atoms with van der Waals surface area (Å²) in [5, 5.41) is 13.1. The lowest BCUT2D eigenvalue weighted by atomic mass is 9.86. The Balaban J connectivity index is 2.22. The van der Waals surface area contributed by atoms with Gasteiger partial charge in [-0.2, -0.15) is 0 Å². The molecular formula is C15H24N2O2. The van der Waals surface area contributed by atoms with Gasteiger partial charge in [-0.25, -0.2) is 0 Å². The zero-order valence-corrected chi connectivity index (χ0v) is 11.7. The van der Waals surface area contributed by atoms with Gasteiger partial charge in [0.2, 0.25) is 5.91 Å². The molecule has 0 aliphatic heterocycles. The van der Waals surface area contributed by atoms with Gasteiger partial charge in [0.15, 0.2) is 0 Å². The van der Waals surface area contributed by atoms with E-state index in [-0.39, 0.29) is 5.91 Å². The lowest BCUT2D eigenvalue weighted by molar-refractivity contribution is -0.126. The molecule has 1 atom stereocenters. The fourth-order valence-electron chi connectivity index (χ4n) is 1.73. The highest BCUT2D eigenvalue weighted by molar-refractivity contribution is 5.79. The molecule has 0 fully saturated rings. The maximum atomic E-state index is 11.2. The topological polar surface area (TPSA) is 75.3 Å². The van der Waals surface area contributed by atoms with Crippen molar-refractivity contribution < 1.29 is 9.90 Å². The largest absolute Gasteiger partial charge is 0.392 e. The van der Waals surface area contributed by atoms with E-state index in [9.17, 15) is 9.90 Å². The molecule has 19 heavy (non-hydrogen) atoms. The SMILES string of the molecule is CC(C)(CCC(O)CNCc1ccccc1)C(N)=O. The van der Waals surface area contributed by atoms with Crippen molar-refractivity contribution in [3.05, 3.63) is 35.9 Å². The Morgan fingerprint density at radius 1 is 1.37 bits per heavy atom. The molecule has 0 aliphatic rings. The standard InChI is InChI=1S/C15H24N2O2/c1-15(2,14(16)19)9-8-13(18)11-17-10-12-6-4-3-5-7-12/h3-7,13,17-18H,8-11H2,1-2H3,(H2,16,19). The quantitative estimate of drug-likeness (QED) is 0.665. The molecule has 0 saturated carbocycles. The molecule has 106 valence electrons. The van der Waals surface area contributed by atoms with Gasteiger partial charge in [-0.3, -0.25) is 4.79 Å². The molecule has 0 aromatic heterocycles. The van der Waals surface area contributed by atoms with Crippen molar-refractivity contribution in [2.24, 2.45) is 11.1 Å². The first-order valence-electron chi connectivity index (χ1n) is 6.64. The van der Waals surface area contributed by atoms with Crippen LogP contribution in [-0.4, -0.2) is 23.7 Å². The number of carbonyl (C=O) groups excluding carboxylic acids is 1. The van der Waals surface area contributed by atoms with E-state index in [1.807, 2.05) is 30.3 Å². The molecule has 0 radical (unpaired) electrons. The highest BCUT2D eigenvalue weighted by Gasteiger charge is 2.25. The zero-order valence-electron chi connectivity index (χ0n) is 11.7. The van der Waals surface area contributed by atoms with Crippen molar-refractivity contribution in [1.82, 2.24) is 5.32 Å². The minimum absolute atomic E-state index is 0.322. The lowest BCUT2D eigenvalue weighted by Crippen LogP contribution is -2.34. The second kappa shape index (κ2) is 7.26. The van der Waals surface area contributed by atoms with Crippen LogP contribution in [0.15, 0.2) is 30.3 Å². The van der Waals surface area contributed by atoms with Gasteiger partial charge in [0.1, 0.15) is 0 Å². The Bertz CT molecular complexity index is 390. The van der Waals surface area contributed by atoms with E-state index in [1.54, 1.807) is 13.8 Å². The average molecular weight is 264 g/mol. The van der Waals surface area contributed by atoms with Crippen LogP contribution in [0.3, 0.4) is 0 Å². The van der Waals surface area contributed by atoms with Crippen molar-refractivity contribution in [2.75, 3.05) is 6.54 Å². The summed E-state index contributed by atoms with van der Waals surface area (Å²) in [6.45, 7) is 4.86. The molecule has 1 unspecified atom stereocenters. The van der Waals surface area contributed by atoms with E-state index in [1.165, 1.54) is 5.56 Å². The number of nitrogens with two attached hydrogens (primary N) is 1. The number of primary amides is 1. The summed E-state index contributed by atoms with van der Waals surface area (Å²) in [5.41, 5.74) is 5.93. The number of nitrogens with one attached hydrogen (secondary N) is 1. The summed E-state index contributed by atoms with van der Waals surface area (Å²) < 4.78 is 0. The van der Waals surface area contributed by atoms with E-state index in [0.29, 0.717) is 19.4 Å². The Morgan fingerprint density at radius 2 is 2.00 bits per heavy atom. The van der Waals surface area contributed by atoms with E-state index < -0.39 is 11.5 Å². The van der Waals surface area contributed by atoms with Crippen LogP contribution in [0, 0.1) is 5.41 Å². The van der Waals surface area contributed by atoms with Gasteiger partial charge in [-0.1, -0.05) is 44.2 Å². The number of hydrogen-bond acceptors (Lipinski definition) is 3. The summed E-state index contributed by atoms with van der Waals surface area (Å²) >= 11 is 0. The van der Waals surface area contributed by atoms with Gasteiger partial charge >= 0.3 is 0 Å². The van der Waals surface area contributed by atoms with E-state index in [0.717, 1.165) is 6.54 Å². The van der Waals surface area contributed by atoms with Crippen LogP contribution < -0.4 is 11.1 Å².